The highest BCUT2D eigenvalue weighted by Gasteiger charge is 2.56. The summed E-state index contributed by atoms with van der Waals surface area (Å²) < 4.78 is 44.6. The van der Waals surface area contributed by atoms with E-state index in [4.69, 9.17) is 18.9 Å². The second-order valence-corrected chi connectivity index (χ2v) is 24.1. The van der Waals surface area contributed by atoms with Crippen LogP contribution in [0.3, 0.4) is 0 Å². The lowest BCUT2D eigenvalue weighted by molar-refractivity contribution is -0.337. The topological polar surface area (TPSA) is 137 Å². The highest BCUT2D eigenvalue weighted by atomic mass is 19.1. The van der Waals surface area contributed by atoms with Crippen molar-refractivity contribution in [2.45, 2.75) is 81.4 Å². The van der Waals surface area contributed by atoms with Gasteiger partial charge in [0.15, 0.2) is 11.4 Å². The van der Waals surface area contributed by atoms with Gasteiger partial charge >= 0.3 is 25.2 Å². The minimum atomic E-state index is -1.85. The number of ether oxygens (including phenoxy) is 4. The third-order valence-corrected chi connectivity index (χ3v) is 18.0. The van der Waals surface area contributed by atoms with E-state index < -0.39 is 37.0 Å². The van der Waals surface area contributed by atoms with Crippen LogP contribution in [0.25, 0.3) is 27.5 Å². The maximum absolute atomic E-state index is 17.7. The predicted octanol–water partition coefficient (Wildman–Crippen LogP) is 16.7. The molecular weight excluding hydrogens is 1180 g/mol. The lowest BCUT2D eigenvalue weighted by Crippen LogP contribution is -2.41. The molecule has 13 nitrogen and oxygen atoms in total. The van der Waals surface area contributed by atoms with Gasteiger partial charge in [0.1, 0.15) is 30.3 Å². The van der Waals surface area contributed by atoms with Gasteiger partial charge < -0.3 is 23.8 Å². The Labute approximate surface area is 545 Å². The van der Waals surface area contributed by atoms with E-state index in [1.54, 1.807) is 58.0 Å². The van der Waals surface area contributed by atoms with Crippen molar-refractivity contribution < 1.29 is 51.7 Å². The number of carbonyl (C=O) groups excluding carboxylic acids is 5. The molecule has 2 amide bonds. The average molecular weight is 1250 g/mol. The number of anilines is 4. The third-order valence-electron chi connectivity index (χ3n) is 18.0. The number of aryl methyl sites for hydroxylation is 4. The molecule has 9 aromatic carbocycles. The molecule has 0 atom stereocenters. The van der Waals surface area contributed by atoms with Gasteiger partial charge in [-0.25, -0.2) is 23.3 Å². The molecule has 0 aliphatic carbocycles. The van der Waals surface area contributed by atoms with Crippen LogP contribution in [0.1, 0.15) is 114 Å². The molecule has 0 bridgehead atoms. The SMILES string of the molecule is CC1=C(C(=O)OCc2ccccc2)C(C)=[N+]2B(F)n3c(C)c(C(=O)OCc4ccccc4)c(C)c3C(c3c(C)cc(OC(=O)CCCOc4cc(C)c(N5C(=O)c6cccc7c(-c8ccc(N(c9ccccc9)c9ccccc9)cc8)ccc(c67)C5=O)c(C)c4)cc3C)=C12. The molecule has 3 aliphatic rings. The van der Waals surface area contributed by atoms with Gasteiger partial charge in [0.25, 0.3) is 11.8 Å². The lowest BCUT2D eigenvalue weighted by Gasteiger charge is -2.30. The Morgan fingerprint density at radius 3 is 1.67 bits per heavy atom. The molecule has 10 aromatic rings. The van der Waals surface area contributed by atoms with Crippen LogP contribution in [0.4, 0.5) is 27.1 Å². The van der Waals surface area contributed by atoms with Crippen molar-refractivity contribution in [3.63, 3.8) is 0 Å². The second kappa shape index (κ2) is 25.5. The molecular formula is C79H67BFN4O9+. The number of aromatic nitrogens is 1. The van der Waals surface area contributed by atoms with Crippen LogP contribution in [-0.2, 0) is 32.3 Å². The van der Waals surface area contributed by atoms with E-state index in [2.05, 4.69) is 53.4 Å². The Hall–Kier alpha value is -11.2. The fourth-order valence-electron chi connectivity index (χ4n) is 13.8. The number of para-hydroxylation sites is 2. The van der Waals surface area contributed by atoms with E-state index in [1.165, 1.54) is 13.9 Å². The van der Waals surface area contributed by atoms with E-state index >= 15 is 4.32 Å². The minimum absolute atomic E-state index is 0.0192. The zero-order valence-corrected chi connectivity index (χ0v) is 53.5. The molecule has 0 fully saturated rings. The molecule has 94 heavy (non-hydrogen) atoms. The number of benzene rings is 9. The smallest absolute Gasteiger partial charge is 0.494 e. The minimum Gasteiger partial charge on any atom is -0.494 e. The molecule has 0 saturated carbocycles. The number of fused-ring (bicyclic) bond motifs is 2. The van der Waals surface area contributed by atoms with Gasteiger partial charge in [-0.05, 0) is 189 Å². The maximum Gasteiger partial charge on any atom is 0.846 e. The van der Waals surface area contributed by atoms with Gasteiger partial charge in [0, 0.05) is 58.2 Å². The first-order valence-corrected chi connectivity index (χ1v) is 31.4. The zero-order valence-electron chi connectivity index (χ0n) is 53.5. The van der Waals surface area contributed by atoms with Crippen molar-refractivity contribution in [2.75, 3.05) is 16.4 Å². The number of allylic oxidation sites excluding steroid dienone is 1. The molecule has 13 rings (SSSR count). The number of esters is 3. The number of carbonyl (C=O) groups is 5. The van der Waals surface area contributed by atoms with Gasteiger partial charge in [-0.2, -0.15) is 0 Å². The molecule has 0 spiro atoms. The van der Waals surface area contributed by atoms with Crippen molar-refractivity contribution in [1.29, 1.82) is 0 Å². The Morgan fingerprint density at radius 1 is 0.564 bits per heavy atom. The van der Waals surface area contributed by atoms with Crippen molar-refractivity contribution in [3.05, 3.63) is 290 Å². The first-order valence-electron chi connectivity index (χ1n) is 31.4. The monoisotopic (exact) mass is 1250 g/mol. The molecule has 3 aliphatic heterocycles. The van der Waals surface area contributed by atoms with Crippen molar-refractivity contribution >= 4 is 81.8 Å². The first kappa shape index (κ1) is 61.7. The largest absolute Gasteiger partial charge is 0.846 e. The Morgan fingerprint density at radius 2 is 1.09 bits per heavy atom. The van der Waals surface area contributed by atoms with E-state index in [0.717, 1.165) is 44.7 Å². The number of rotatable bonds is 18. The van der Waals surface area contributed by atoms with Gasteiger partial charge in [0.05, 0.1) is 29.1 Å². The van der Waals surface area contributed by atoms with Crippen LogP contribution in [0.15, 0.2) is 217 Å². The summed E-state index contributed by atoms with van der Waals surface area (Å²) in [4.78, 5) is 74.6. The van der Waals surface area contributed by atoms with Gasteiger partial charge in [-0.15, -0.1) is 0 Å². The number of nitrogens with zero attached hydrogens (tertiary/aromatic N) is 4. The summed E-state index contributed by atoms with van der Waals surface area (Å²) in [5.41, 5.74) is 14.9. The number of hydrogen-bond acceptors (Lipinski definition) is 10. The van der Waals surface area contributed by atoms with Crippen molar-refractivity contribution in [1.82, 2.24) is 4.48 Å². The summed E-state index contributed by atoms with van der Waals surface area (Å²) in [6.45, 7) is 14.6. The van der Waals surface area contributed by atoms with Gasteiger partial charge in [-0.1, -0.05) is 127 Å². The third kappa shape index (κ3) is 11.2. The maximum atomic E-state index is 17.7. The van der Waals surface area contributed by atoms with Crippen molar-refractivity contribution in [2.24, 2.45) is 0 Å². The van der Waals surface area contributed by atoms with Crippen LogP contribution in [-0.4, -0.2) is 58.3 Å². The zero-order chi connectivity index (χ0) is 65.6. The Bertz CT molecular complexity index is 4740. The molecule has 4 heterocycles. The van der Waals surface area contributed by atoms with E-state index in [9.17, 15) is 24.0 Å². The fraction of sp³-hybridized carbons (Fsp3) is 0.165. The molecule has 0 unspecified atom stereocenters. The molecule has 1 aromatic heterocycles. The Kier molecular flexibility index (Phi) is 16.7. The quantitative estimate of drug-likeness (QED) is 0.0268. The highest BCUT2D eigenvalue weighted by Crippen LogP contribution is 2.47. The summed E-state index contributed by atoms with van der Waals surface area (Å²) in [7, 11) is -1.85. The number of imide groups is 1. The van der Waals surface area contributed by atoms with E-state index in [-0.39, 0.29) is 37.4 Å². The summed E-state index contributed by atoms with van der Waals surface area (Å²) in [6.07, 6.45) is 0.329. The molecule has 0 saturated heterocycles. The molecule has 0 radical (unpaired) electrons. The van der Waals surface area contributed by atoms with Crippen molar-refractivity contribution in [3.8, 4) is 22.6 Å². The molecule has 15 heteroatoms. The van der Waals surface area contributed by atoms with Gasteiger partial charge in [-0.3, -0.25) is 18.9 Å². The van der Waals surface area contributed by atoms with Crippen LogP contribution in [0, 0.1) is 41.5 Å². The number of hydrogen-bond donors (Lipinski definition) is 0. The van der Waals surface area contributed by atoms with Crippen LogP contribution in [0.5, 0.6) is 11.5 Å². The second-order valence-electron chi connectivity index (χ2n) is 24.1. The first-order chi connectivity index (χ1) is 45.5. The average Bonchev–Trinajstić information content (AvgIpc) is 1.48. The number of halogens is 1. The molecule has 466 valence electrons. The summed E-state index contributed by atoms with van der Waals surface area (Å²) in [5.74, 6) is -1.71. The van der Waals surface area contributed by atoms with Crippen LogP contribution >= 0.6 is 0 Å². The summed E-state index contributed by atoms with van der Waals surface area (Å²) >= 11 is 0. The van der Waals surface area contributed by atoms with E-state index in [1.807, 2.05) is 149 Å². The summed E-state index contributed by atoms with van der Waals surface area (Å²) in [6, 6.07) is 63.9. The summed E-state index contributed by atoms with van der Waals surface area (Å²) in [5, 5.41) is 1.42. The predicted molar refractivity (Wildman–Crippen MR) is 365 cm³/mol. The van der Waals surface area contributed by atoms with E-state index in [0.29, 0.717) is 107 Å². The fourth-order valence-corrected chi connectivity index (χ4v) is 13.8. The number of amides is 2. The van der Waals surface area contributed by atoms with Crippen LogP contribution < -0.4 is 19.3 Å². The Balaban J connectivity index is 0.707. The normalized spacial score (nSPS) is 13.4. The standard InChI is InChI=1S/C79H67BFN4O9/c1-47-41-62(42-48(2)68(47)72-74-51(5)69(78(89)92-45-55-23-13-9-14-24-55)53(7)84(74)80(81)85-54(8)70(52(6)75(72)85)79(90)93-46-56-25-15-10-16-26-56)94-67(86)33-22-40-91-61-43-49(3)73(50(4)44-61)83-76(87)65-32-21-31-64-63(38-39-66(71(64)65)77(83)88)57-34-36-60(37-35-57)82(58-27-17-11-18-28-58)59-29-19-12-20-30-59/h9-21,23-32,34-39,41-44H,22,33,40,45-46H2,1-8H3/q+1. The molecule has 0 N–H and O–H groups in total. The van der Waals surface area contributed by atoms with Crippen LogP contribution in [0.2, 0.25) is 0 Å². The lowest BCUT2D eigenvalue weighted by atomic mass is 9.83. The van der Waals surface area contributed by atoms with Gasteiger partial charge in [0.2, 0.25) is 0 Å². The highest BCUT2D eigenvalue weighted by molar-refractivity contribution is 6.45.